The number of benzene rings is 3. The number of rotatable bonds is 6. The Morgan fingerprint density at radius 1 is 0.875 bits per heavy atom. The van der Waals surface area contributed by atoms with Crippen molar-refractivity contribution < 1.29 is 19.1 Å². The zero-order valence-corrected chi connectivity index (χ0v) is 18.2. The van der Waals surface area contributed by atoms with Crippen molar-refractivity contribution in [2.75, 3.05) is 13.7 Å². The number of aromatic nitrogens is 1. The van der Waals surface area contributed by atoms with Gasteiger partial charge in [-0.05, 0) is 67.4 Å². The van der Waals surface area contributed by atoms with E-state index < -0.39 is 5.97 Å². The molecule has 160 valence electrons. The first-order valence-electron chi connectivity index (χ1n) is 10.3. The van der Waals surface area contributed by atoms with Gasteiger partial charge < -0.3 is 9.47 Å². The Balaban J connectivity index is 1.62. The number of hydrogen-bond acceptors (Lipinski definition) is 5. The lowest BCUT2D eigenvalue weighted by molar-refractivity contribution is 0.0476. The summed E-state index contributed by atoms with van der Waals surface area (Å²) < 4.78 is 10.6. The van der Waals surface area contributed by atoms with E-state index in [0.29, 0.717) is 27.7 Å². The van der Waals surface area contributed by atoms with Crippen molar-refractivity contribution in [2.45, 2.75) is 13.8 Å². The van der Waals surface area contributed by atoms with Gasteiger partial charge in [0.15, 0.2) is 12.4 Å². The van der Waals surface area contributed by atoms with Crippen LogP contribution in [0.3, 0.4) is 0 Å². The number of Topliss-reactive ketones (excluding diaryl/α,β-unsaturated/α-hetero) is 1. The summed E-state index contributed by atoms with van der Waals surface area (Å²) in [5.74, 6) is -0.0650. The zero-order chi connectivity index (χ0) is 22.7. The highest BCUT2D eigenvalue weighted by Crippen LogP contribution is 2.27. The van der Waals surface area contributed by atoms with E-state index in [1.165, 1.54) is 0 Å². The average Bonchev–Trinajstić information content (AvgIpc) is 2.83. The highest BCUT2D eigenvalue weighted by Gasteiger charge is 2.17. The number of aryl methyl sites for hydroxylation is 2. The molecule has 0 atom stereocenters. The normalized spacial score (nSPS) is 10.7. The topological polar surface area (TPSA) is 65.5 Å². The van der Waals surface area contributed by atoms with Gasteiger partial charge in [-0.1, -0.05) is 30.3 Å². The lowest BCUT2D eigenvalue weighted by Crippen LogP contribution is -2.15. The van der Waals surface area contributed by atoms with Gasteiger partial charge in [0.1, 0.15) is 5.75 Å². The SMILES string of the molecule is COc1ccc(-c2cc(C(=O)OCC(=O)c3ccc(C)c(C)c3)c3ccccc3n2)cc1. The number of ketones is 1. The number of fused-ring (bicyclic) bond motifs is 1. The Hall–Kier alpha value is -3.99. The van der Waals surface area contributed by atoms with Crippen molar-refractivity contribution in [1.29, 1.82) is 0 Å². The fraction of sp³-hybridized carbons (Fsp3) is 0.148. The minimum absolute atomic E-state index is 0.241. The number of para-hydroxylation sites is 1. The quantitative estimate of drug-likeness (QED) is 0.299. The number of nitrogens with zero attached hydrogens (tertiary/aromatic N) is 1. The van der Waals surface area contributed by atoms with Gasteiger partial charge in [-0.3, -0.25) is 4.79 Å². The molecule has 4 aromatic rings. The third-order valence-corrected chi connectivity index (χ3v) is 5.49. The van der Waals surface area contributed by atoms with Crippen LogP contribution >= 0.6 is 0 Å². The molecule has 32 heavy (non-hydrogen) atoms. The molecule has 0 amide bonds. The van der Waals surface area contributed by atoms with Crippen LogP contribution in [0.1, 0.15) is 31.8 Å². The fourth-order valence-electron chi connectivity index (χ4n) is 3.46. The van der Waals surface area contributed by atoms with E-state index in [0.717, 1.165) is 22.4 Å². The van der Waals surface area contributed by atoms with E-state index >= 15 is 0 Å². The Bertz CT molecular complexity index is 1310. The molecule has 0 unspecified atom stereocenters. The van der Waals surface area contributed by atoms with Crippen LogP contribution in [0.2, 0.25) is 0 Å². The highest BCUT2D eigenvalue weighted by molar-refractivity contribution is 6.06. The van der Waals surface area contributed by atoms with Crippen LogP contribution in [0.4, 0.5) is 0 Å². The molecule has 0 saturated heterocycles. The van der Waals surface area contributed by atoms with Gasteiger partial charge in [0.25, 0.3) is 0 Å². The van der Waals surface area contributed by atoms with Gasteiger partial charge in [0.2, 0.25) is 0 Å². The summed E-state index contributed by atoms with van der Waals surface area (Å²) in [5.41, 5.74) is 5.18. The first-order valence-corrected chi connectivity index (χ1v) is 10.3. The predicted octanol–water partition coefficient (Wildman–Crippen LogP) is 5.57. The molecule has 0 aliphatic heterocycles. The standard InChI is InChI=1S/C27H23NO4/c1-17-8-9-20(14-18(17)2)26(29)16-32-27(30)23-15-25(19-10-12-21(31-3)13-11-19)28-24-7-5-4-6-22(23)24/h4-15H,16H2,1-3H3. The first-order chi connectivity index (χ1) is 15.5. The van der Waals surface area contributed by atoms with Gasteiger partial charge in [0, 0.05) is 16.5 Å². The van der Waals surface area contributed by atoms with E-state index in [4.69, 9.17) is 9.47 Å². The van der Waals surface area contributed by atoms with Crippen LogP contribution in [0.5, 0.6) is 5.75 Å². The molecule has 5 heteroatoms. The van der Waals surface area contributed by atoms with Gasteiger partial charge in [-0.2, -0.15) is 0 Å². The monoisotopic (exact) mass is 425 g/mol. The number of hydrogen-bond donors (Lipinski definition) is 0. The summed E-state index contributed by atoms with van der Waals surface area (Å²) in [7, 11) is 1.61. The molecule has 0 fully saturated rings. The van der Waals surface area contributed by atoms with Crippen molar-refractivity contribution in [3.63, 3.8) is 0 Å². The van der Waals surface area contributed by atoms with Crippen molar-refractivity contribution >= 4 is 22.7 Å². The molecule has 4 rings (SSSR count). The molecule has 0 radical (unpaired) electrons. The maximum Gasteiger partial charge on any atom is 0.339 e. The van der Waals surface area contributed by atoms with Crippen LogP contribution in [-0.4, -0.2) is 30.5 Å². The summed E-state index contributed by atoms with van der Waals surface area (Å²) in [6.07, 6.45) is 0. The number of ether oxygens (including phenoxy) is 2. The third-order valence-electron chi connectivity index (χ3n) is 5.49. The van der Waals surface area contributed by atoms with E-state index in [2.05, 4.69) is 4.98 Å². The van der Waals surface area contributed by atoms with E-state index in [1.807, 2.05) is 74.5 Å². The zero-order valence-electron chi connectivity index (χ0n) is 18.2. The van der Waals surface area contributed by atoms with Crippen LogP contribution in [0.25, 0.3) is 22.2 Å². The van der Waals surface area contributed by atoms with E-state index in [9.17, 15) is 9.59 Å². The largest absolute Gasteiger partial charge is 0.497 e. The number of esters is 1. The minimum Gasteiger partial charge on any atom is -0.497 e. The molecular weight excluding hydrogens is 402 g/mol. The van der Waals surface area contributed by atoms with Crippen molar-refractivity contribution in [1.82, 2.24) is 4.98 Å². The van der Waals surface area contributed by atoms with Crippen molar-refractivity contribution in [2.24, 2.45) is 0 Å². The summed E-state index contributed by atoms with van der Waals surface area (Å²) in [6.45, 7) is 3.61. The Kier molecular flexibility index (Phi) is 5.99. The lowest BCUT2D eigenvalue weighted by Gasteiger charge is -2.11. The fourth-order valence-corrected chi connectivity index (χ4v) is 3.46. The number of methoxy groups -OCH3 is 1. The van der Waals surface area contributed by atoms with E-state index in [-0.39, 0.29) is 12.4 Å². The van der Waals surface area contributed by atoms with Crippen LogP contribution in [0, 0.1) is 13.8 Å². The molecule has 0 bridgehead atoms. The summed E-state index contributed by atoms with van der Waals surface area (Å²) in [6, 6.07) is 22.0. The van der Waals surface area contributed by atoms with Crippen molar-refractivity contribution in [3.05, 3.63) is 95.1 Å². The Morgan fingerprint density at radius 3 is 2.34 bits per heavy atom. The average molecular weight is 425 g/mol. The number of carbonyl (C=O) groups is 2. The Labute approximate surface area is 186 Å². The predicted molar refractivity (Wildman–Crippen MR) is 124 cm³/mol. The number of pyridine rings is 1. The van der Waals surface area contributed by atoms with Gasteiger partial charge in [-0.25, -0.2) is 9.78 Å². The highest BCUT2D eigenvalue weighted by atomic mass is 16.5. The van der Waals surface area contributed by atoms with E-state index in [1.54, 1.807) is 19.2 Å². The van der Waals surface area contributed by atoms with Crippen LogP contribution < -0.4 is 4.74 Å². The smallest absolute Gasteiger partial charge is 0.339 e. The summed E-state index contributed by atoms with van der Waals surface area (Å²) in [4.78, 5) is 30.2. The summed E-state index contributed by atoms with van der Waals surface area (Å²) >= 11 is 0. The van der Waals surface area contributed by atoms with Crippen LogP contribution in [0.15, 0.2) is 72.8 Å². The first kappa shape index (κ1) is 21.2. The maximum atomic E-state index is 13.0. The molecule has 0 N–H and O–H groups in total. The second kappa shape index (κ2) is 9.02. The van der Waals surface area contributed by atoms with Crippen molar-refractivity contribution in [3.8, 4) is 17.0 Å². The molecule has 0 aliphatic carbocycles. The number of carbonyl (C=O) groups excluding carboxylic acids is 2. The minimum atomic E-state index is -0.560. The second-order valence-electron chi connectivity index (χ2n) is 7.60. The molecule has 0 spiro atoms. The molecule has 1 heterocycles. The molecule has 0 aliphatic rings. The van der Waals surface area contributed by atoms with Gasteiger partial charge in [0.05, 0.1) is 23.9 Å². The lowest BCUT2D eigenvalue weighted by atomic mass is 10.0. The third kappa shape index (κ3) is 4.37. The Morgan fingerprint density at radius 2 is 1.62 bits per heavy atom. The molecular formula is C27H23NO4. The van der Waals surface area contributed by atoms with Gasteiger partial charge in [-0.15, -0.1) is 0 Å². The van der Waals surface area contributed by atoms with Crippen LogP contribution in [-0.2, 0) is 4.74 Å². The van der Waals surface area contributed by atoms with Gasteiger partial charge >= 0.3 is 5.97 Å². The molecule has 3 aromatic carbocycles. The maximum absolute atomic E-state index is 13.0. The molecule has 1 aromatic heterocycles. The summed E-state index contributed by atoms with van der Waals surface area (Å²) in [5, 5.41) is 0.674. The second-order valence-corrected chi connectivity index (χ2v) is 7.60. The molecule has 0 saturated carbocycles. The molecule has 5 nitrogen and oxygen atoms in total.